The van der Waals surface area contributed by atoms with E-state index in [1.807, 2.05) is 19.9 Å². The van der Waals surface area contributed by atoms with Crippen molar-refractivity contribution in [2.45, 2.75) is 26.5 Å². The molecule has 1 rings (SSSR count). The van der Waals surface area contributed by atoms with Crippen molar-refractivity contribution in [3.8, 4) is 0 Å². The molecule has 0 atom stereocenters. The van der Waals surface area contributed by atoms with Gasteiger partial charge in [0.1, 0.15) is 0 Å². The maximum atomic E-state index is 11.5. The number of carbonyl (C=O) groups is 1. The van der Waals surface area contributed by atoms with Gasteiger partial charge in [-0.15, -0.1) is 0 Å². The van der Waals surface area contributed by atoms with Crippen LogP contribution in [-0.4, -0.2) is 12.1 Å². The normalized spacial score (nSPS) is 10.3. The van der Waals surface area contributed by atoms with Gasteiger partial charge >= 0.3 is 5.97 Å². The molecule has 0 amide bonds. The van der Waals surface area contributed by atoms with Crippen LogP contribution in [0.25, 0.3) is 0 Å². The standard InChI is InChI=1S/C11H15NO2/c1-8(2)14-11(13)10-5-3-4-9(6-10)7-12/h3-6,8H,7,12H2,1-2H3. The molecular formula is C11H15NO2. The molecule has 3 heteroatoms. The van der Waals surface area contributed by atoms with E-state index < -0.39 is 0 Å². The highest BCUT2D eigenvalue weighted by molar-refractivity contribution is 5.89. The first-order chi connectivity index (χ1) is 6.63. The Bertz CT molecular complexity index is 321. The minimum Gasteiger partial charge on any atom is -0.459 e. The van der Waals surface area contributed by atoms with Crippen molar-refractivity contribution in [1.82, 2.24) is 0 Å². The van der Waals surface area contributed by atoms with Crippen molar-refractivity contribution in [3.63, 3.8) is 0 Å². The van der Waals surface area contributed by atoms with Crippen LogP contribution in [0.1, 0.15) is 29.8 Å². The topological polar surface area (TPSA) is 52.3 Å². The molecule has 0 aliphatic heterocycles. The lowest BCUT2D eigenvalue weighted by molar-refractivity contribution is 0.0378. The average molecular weight is 193 g/mol. The molecule has 1 aromatic rings. The van der Waals surface area contributed by atoms with E-state index in [9.17, 15) is 4.79 Å². The maximum absolute atomic E-state index is 11.5. The van der Waals surface area contributed by atoms with Gasteiger partial charge in [-0.05, 0) is 31.5 Å². The van der Waals surface area contributed by atoms with Gasteiger partial charge in [0, 0.05) is 6.54 Å². The highest BCUT2D eigenvalue weighted by atomic mass is 16.5. The quantitative estimate of drug-likeness (QED) is 0.743. The number of carbonyl (C=O) groups excluding carboxylic acids is 1. The van der Waals surface area contributed by atoms with Crippen molar-refractivity contribution < 1.29 is 9.53 Å². The number of benzene rings is 1. The lowest BCUT2D eigenvalue weighted by atomic mass is 10.1. The molecule has 14 heavy (non-hydrogen) atoms. The molecule has 0 saturated carbocycles. The molecule has 0 saturated heterocycles. The number of rotatable bonds is 3. The van der Waals surface area contributed by atoms with E-state index in [0.717, 1.165) is 5.56 Å². The first-order valence-corrected chi connectivity index (χ1v) is 4.63. The predicted molar refractivity (Wildman–Crippen MR) is 54.9 cm³/mol. The Morgan fingerprint density at radius 1 is 1.50 bits per heavy atom. The SMILES string of the molecule is CC(C)OC(=O)c1cccc(CN)c1. The Balaban J connectivity index is 2.79. The van der Waals surface area contributed by atoms with Crippen LogP contribution in [-0.2, 0) is 11.3 Å². The van der Waals surface area contributed by atoms with Gasteiger partial charge < -0.3 is 10.5 Å². The summed E-state index contributed by atoms with van der Waals surface area (Å²) in [6.07, 6.45) is -0.0935. The summed E-state index contributed by atoms with van der Waals surface area (Å²) in [6, 6.07) is 7.17. The van der Waals surface area contributed by atoms with E-state index in [0.29, 0.717) is 12.1 Å². The highest BCUT2D eigenvalue weighted by Gasteiger charge is 2.08. The third kappa shape index (κ3) is 2.85. The van der Waals surface area contributed by atoms with Crippen molar-refractivity contribution in [1.29, 1.82) is 0 Å². The van der Waals surface area contributed by atoms with Gasteiger partial charge in [0.2, 0.25) is 0 Å². The van der Waals surface area contributed by atoms with Crippen LogP contribution in [0.4, 0.5) is 0 Å². The lowest BCUT2D eigenvalue weighted by Crippen LogP contribution is -2.12. The molecule has 0 unspecified atom stereocenters. The first-order valence-electron chi connectivity index (χ1n) is 4.63. The zero-order chi connectivity index (χ0) is 10.6. The van der Waals surface area contributed by atoms with Crippen LogP contribution >= 0.6 is 0 Å². The van der Waals surface area contributed by atoms with Crippen molar-refractivity contribution >= 4 is 5.97 Å². The zero-order valence-corrected chi connectivity index (χ0v) is 8.49. The molecule has 2 N–H and O–H groups in total. The molecule has 3 nitrogen and oxygen atoms in total. The van der Waals surface area contributed by atoms with E-state index in [2.05, 4.69) is 0 Å². The second kappa shape index (κ2) is 4.77. The zero-order valence-electron chi connectivity index (χ0n) is 8.49. The largest absolute Gasteiger partial charge is 0.459 e. The molecule has 0 aliphatic rings. The second-order valence-electron chi connectivity index (χ2n) is 3.36. The summed E-state index contributed by atoms with van der Waals surface area (Å²) in [5, 5.41) is 0. The Morgan fingerprint density at radius 2 is 2.21 bits per heavy atom. The van der Waals surface area contributed by atoms with Crippen LogP contribution in [0.15, 0.2) is 24.3 Å². The van der Waals surface area contributed by atoms with Gasteiger partial charge in [-0.25, -0.2) is 4.79 Å². The van der Waals surface area contributed by atoms with E-state index in [1.54, 1.807) is 18.2 Å². The van der Waals surface area contributed by atoms with Gasteiger partial charge in [0.25, 0.3) is 0 Å². The summed E-state index contributed by atoms with van der Waals surface area (Å²) in [4.78, 5) is 11.5. The fraction of sp³-hybridized carbons (Fsp3) is 0.364. The molecule has 0 heterocycles. The van der Waals surface area contributed by atoms with Gasteiger partial charge in [-0.3, -0.25) is 0 Å². The Kier molecular flexibility index (Phi) is 3.65. The summed E-state index contributed by atoms with van der Waals surface area (Å²) in [5.74, 6) is -0.296. The van der Waals surface area contributed by atoms with Crippen molar-refractivity contribution in [2.75, 3.05) is 0 Å². The molecule has 76 valence electrons. The van der Waals surface area contributed by atoms with Crippen LogP contribution in [0.2, 0.25) is 0 Å². The molecule has 1 aromatic carbocycles. The number of nitrogens with two attached hydrogens (primary N) is 1. The van der Waals surface area contributed by atoms with Crippen molar-refractivity contribution in [3.05, 3.63) is 35.4 Å². The fourth-order valence-corrected chi connectivity index (χ4v) is 1.11. The van der Waals surface area contributed by atoms with E-state index in [-0.39, 0.29) is 12.1 Å². The van der Waals surface area contributed by atoms with Gasteiger partial charge in [-0.2, -0.15) is 0 Å². The summed E-state index contributed by atoms with van der Waals surface area (Å²) in [6.45, 7) is 4.08. The number of hydrogen-bond donors (Lipinski definition) is 1. The lowest BCUT2D eigenvalue weighted by Gasteiger charge is -2.08. The first kappa shape index (κ1) is 10.7. The van der Waals surface area contributed by atoms with Gasteiger partial charge in [-0.1, -0.05) is 12.1 Å². The average Bonchev–Trinajstić information content (AvgIpc) is 2.17. The maximum Gasteiger partial charge on any atom is 0.338 e. The molecule has 0 spiro atoms. The Hall–Kier alpha value is -1.35. The number of hydrogen-bond acceptors (Lipinski definition) is 3. The van der Waals surface area contributed by atoms with E-state index >= 15 is 0 Å². The Morgan fingerprint density at radius 3 is 2.79 bits per heavy atom. The minimum atomic E-state index is -0.296. The summed E-state index contributed by atoms with van der Waals surface area (Å²) >= 11 is 0. The smallest absolute Gasteiger partial charge is 0.338 e. The van der Waals surface area contributed by atoms with Gasteiger partial charge in [0.15, 0.2) is 0 Å². The third-order valence-electron chi connectivity index (χ3n) is 1.74. The Labute approximate surface area is 83.9 Å². The summed E-state index contributed by atoms with van der Waals surface area (Å²) in [7, 11) is 0. The van der Waals surface area contributed by atoms with Crippen LogP contribution < -0.4 is 5.73 Å². The summed E-state index contributed by atoms with van der Waals surface area (Å²) < 4.78 is 5.06. The van der Waals surface area contributed by atoms with Crippen LogP contribution in [0.3, 0.4) is 0 Å². The molecular weight excluding hydrogens is 178 g/mol. The predicted octanol–water partition coefficient (Wildman–Crippen LogP) is 1.71. The molecule has 0 fully saturated rings. The van der Waals surface area contributed by atoms with Gasteiger partial charge in [0.05, 0.1) is 11.7 Å². The molecule has 0 bridgehead atoms. The van der Waals surface area contributed by atoms with E-state index in [1.165, 1.54) is 0 Å². The molecule has 0 radical (unpaired) electrons. The van der Waals surface area contributed by atoms with Crippen LogP contribution in [0, 0.1) is 0 Å². The van der Waals surface area contributed by atoms with Crippen molar-refractivity contribution in [2.24, 2.45) is 5.73 Å². The third-order valence-corrected chi connectivity index (χ3v) is 1.74. The monoisotopic (exact) mass is 193 g/mol. The summed E-state index contributed by atoms with van der Waals surface area (Å²) in [5.41, 5.74) is 6.96. The minimum absolute atomic E-state index is 0.0935. The number of esters is 1. The fourth-order valence-electron chi connectivity index (χ4n) is 1.11. The van der Waals surface area contributed by atoms with E-state index in [4.69, 9.17) is 10.5 Å². The molecule has 0 aromatic heterocycles. The number of ether oxygens (including phenoxy) is 1. The molecule has 0 aliphatic carbocycles. The second-order valence-corrected chi connectivity index (χ2v) is 3.36. The van der Waals surface area contributed by atoms with Crippen LogP contribution in [0.5, 0.6) is 0 Å². The highest BCUT2D eigenvalue weighted by Crippen LogP contribution is 2.07.